The molecule has 0 radical (unpaired) electrons. The van der Waals surface area contributed by atoms with E-state index in [2.05, 4.69) is 0 Å². The lowest BCUT2D eigenvalue weighted by Gasteiger charge is -2.34. The minimum absolute atomic E-state index is 0.190. The van der Waals surface area contributed by atoms with Crippen LogP contribution in [0.4, 0.5) is 10.1 Å². The lowest BCUT2D eigenvalue weighted by molar-refractivity contribution is -0.837. The molecule has 0 bridgehead atoms. The predicted octanol–water partition coefficient (Wildman–Crippen LogP) is 1.76. The molecule has 1 aliphatic heterocycles. The minimum Gasteiger partial charge on any atom is -0.331 e. The Labute approximate surface area is 125 Å². The van der Waals surface area contributed by atoms with Crippen LogP contribution in [0.2, 0.25) is 0 Å². The van der Waals surface area contributed by atoms with Crippen LogP contribution in [0.3, 0.4) is 0 Å². The Bertz CT molecular complexity index is 474. The van der Waals surface area contributed by atoms with Crippen LogP contribution in [0, 0.1) is 11.7 Å². The van der Waals surface area contributed by atoms with Crippen molar-refractivity contribution in [3.8, 4) is 0 Å². The van der Waals surface area contributed by atoms with Crippen LogP contribution in [0.15, 0.2) is 24.3 Å². The zero-order valence-electron chi connectivity index (χ0n) is 12.5. The van der Waals surface area contributed by atoms with Crippen LogP contribution in [0.5, 0.6) is 0 Å². The summed E-state index contributed by atoms with van der Waals surface area (Å²) >= 11 is 0. The molecule has 0 spiro atoms. The average molecular weight is 291 g/mol. The fourth-order valence-electron chi connectivity index (χ4n) is 3.58. The summed E-state index contributed by atoms with van der Waals surface area (Å²) in [5.74, 6) is 0.447. The largest absolute Gasteiger partial charge is 0.331 e. The molecule has 0 unspecified atom stereocenters. The normalized spacial score (nSPS) is 21.5. The van der Waals surface area contributed by atoms with Crippen molar-refractivity contribution in [2.24, 2.45) is 5.92 Å². The first-order valence-corrected chi connectivity index (χ1v) is 8.13. The number of benzene rings is 1. The summed E-state index contributed by atoms with van der Waals surface area (Å²) in [4.78, 5) is 15.9. The Morgan fingerprint density at radius 2 is 1.67 bits per heavy atom. The quantitative estimate of drug-likeness (QED) is 0.882. The summed E-state index contributed by atoms with van der Waals surface area (Å²) in [5, 5.41) is 0. The smallest absolute Gasteiger partial charge is 0.226 e. The van der Waals surface area contributed by atoms with Gasteiger partial charge in [0, 0.05) is 18.1 Å². The molecular weight excluding hydrogens is 267 g/mol. The highest BCUT2D eigenvalue weighted by molar-refractivity contribution is 5.79. The number of amides is 1. The zero-order valence-corrected chi connectivity index (χ0v) is 12.5. The number of nitrogens with zero attached hydrogens (tertiary/aromatic N) is 1. The fourth-order valence-corrected chi connectivity index (χ4v) is 3.58. The number of hydrogen-bond donors (Lipinski definition) is 1. The third-order valence-corrected chi connectivity index (χ3v) is 4.89. The van der Waals surface area contributed by atoms with Gasteiger partial charge in [0.2, 0.25) is 5.91 Å². The van der Waals surface area contributed by atoms with E-state index in [1.54, 1.807) is 0 Å². The summed E-state index contributed by atoms with van der Waals surface area (Å²) in [6.45, 7) is 3.48. The Morgan fingerprint density at radius 1 is 1.05 bits per heavy atom. The summed E-state index contributed by atoms with van der Waals surface area (Å²) in [5.41, 5.74) is 1.13. The van der Waals surface area contributed by atoms with Gasteiger partial charge in [0.15, 0.2) is 0 Å². The molecule has 1 saturated heterocycles. The van der Waals surface area contributed by atoms with Crippen molar-refractivity contribution in [1.82, 2.24) is 4.90 Å². The fraction of sp³-hybridized carbons (Fsp3) is 0.588. The second-order valence-corrected chi connectivity index (χ2v) is 6.27. The maximum atomic E-state index is 13.0. The molecular formula is C17H24FN2O+. The third kappa shape index (κ3) is 3.43. The first-order valence-electron chi connectivity index (χ1n) is 8.13. The third-order valence-electron chi connectivity index (χ3n) is 4.89. The van der Waals surface area contributed by atoms with Crippen LogP contribution in [0.1, 0.15) is 32.1 Å². The first kappa shape index (κ1) is 14.5. The van der Waals surface area contributed by atoms with Gasteiger partial charge >= 0.3 is 0 Å². The maximum Gasteiger partial charge on any atom is 0.226 e. The lowest BCUT2D eigenvalue weighted by atomic mass is 9.88. The van der Waals surface area contributed by atoms with Gasteiger partial charge in [0.05, 0.1) is 26.2 Å². The van der Waals surface area contributed by atoms with Crippen molar-refractivity contribution in [1.29, 1.82) is 0 Å². The van der Waals surface area contributed by atoms with Gasteiger partial charge in [-0.25, -0.2) is 4.39 Å². The number of rotatable bonds is 2. The molecule has 3 nitrogen and oxygen atoms in total. The van der Waals surface area contributed by atoms with Gasteiger partial charge in [-0.2, -0.15) is 0 Å². The highest BCUT2D eigenvalue weighted by atomic mass is 19.1. The van der Waals surface area contributed by atoms with Crippen LogP contribution >= 0.6 is 0 Å². The number of nitrogens with one attached hydrogen (secondary N) is 1. The minimum atomic E-state index is -0.190. The second kappa shape index (κ2) is 6.56. The Balaban J connectivity index is 1.54. The van der Waals surface area contributed by atoms with E-state index in [0.29, 0.717) is 5.91 Å². The SMILES string of the molecule is O=C(C1CCCCC1)N1CC[NH+](c2ccc(F)cc2)CC1. The highest BCUT2D eigenvalue weighted by Gasteiger charge is 2.30. The van der Waals surface area contributed by atoms with Crippen molar-refractivity contribution in [3.05, 3.63) is 30.1 Å². The predicted molar refractivity (Wildman–Crippen MR) is 79.9 cm³/mol. The van der Waals surface area contributed by atoms with E-state index in [1.807, 2.05) is 17.0 Å². The Kier molecular flexibility index (Phi) is 4.54. The van der Waals surface area contributed by atoms with Gasteiger partial charge < -0.3 is 4.90 Å². The standard InChI is InChI=1S/C17H23FN2O/c18-15-6-8-16(9-7-15)19-10-12-20(13-11-19)17(21)14-4-2-1-3-5-14/h6-9,14H,1-5,10-13H2/p+1. The highest BCUT2D eigenvalue weighted by Crippen LogP contribution is 2.25. The molecule has 21 heavy (non-hydrogen) atoms. The molecule has 1 aromatic carbocycles. The first-order chi connectivity index (χ1) is 10.2. The van der Waals surface area contributed by atoms with Gasteiger partial charge in [-0.05, 0) is 25.0 Å². The van der Waals surface area contributed by atoms with E-state index in [0.717, 1.165) is 44.7 Å². The molecule has 1 amide bonds. The van der Waals surface area contributed by atoms with Crippen LogP contribution in [-0.2, 0) is 4.79 Å². The van der Waals surface area contributed by atoms with Crippen molar-refractivity contribution in [2.75, 3.05) is 26.2 Å². The number of halogens is 1. The van der Waals surface area contributed by atoms with Crippen LogP contribution in [0.25, 0.3) is 0 Å². The van der Waals surface area contributed by atoms with Crippen molar-refractivity contribution >= 4 is 11.6 Å². The van der Waals surface area contributed by atoms with Crippen molar-refractivity contribution in [2.45, 2.75) is 32.1 Å². The van der Waals surface area contributed by atoms with Gasteiger partial charge in [0.25, 0.3) is 0 Å². The molecule has 1 saturated carbocycles. The number of hydrogen-bond acceptors (Lipinski definition) is 1. The zero-order chi connectivity index (χ0) is 14.7. The maximum absolute atomic E-state index is 13.0. The molecule has 114 valence electrons. The van der Waals surface area contributed by atoms with Crippen LogP contribution < -0.4 is 4.90 Å². The average Bonchev–Trinajstić information content (AvgIpc) is 2.56. The Morgan fingerprint density at radius 3 is 2.29 bits per heavy atom. The van der Waals surface area contributed by atoms with E-state index in [9.17, 15) is 9.18 Å². The van der Waals surface area contributed by atoms with E-state index in [-0.39, 0.29) is 11.7 Å². The summed E-state index contributed by atoms with van der Waals surface area (Å²) in [6.07, 6.45) is 5.84. The molecule has 3 rings (SSSR count). The summed E-state index contributed by atoms with van der Waals surface area (Å²) < 4.78 is 13.0. The number of quaternary nitrogens is 1. The van der Waals surface area contributed by atoms with Crippen LogP contribution in [-0.4, -0.2) is 37.0 Å². The second-order valence-electron chi connectivity index (χ2n) is 6.27. The number of carbonyl (C=O) groups is 1. The van der Waals surface area contributed by atoms with Gasteiger partial charge in [-0.15, -0.1) is 0 Å². The topological polar surface area (TPSA) is 24.8 Å². The molecule has 4 heteroatoms. The molecule has 0 aromatic heterocycles. The summed E-state index contributed by atoms with van der Waals surface area (Å²) in [6, 6.07) is 6.73. The molecule has 1 N–H and O–H groups in total. The molecule has 0 atom stereocenters. The molecule has 1 heterocycles. The van der Waals surface area contributed by atoms with Gasteiger partial charge in [0.1, 0.15) is 11.5 Å². The summed E-state index contributed by atoms with van der Waals surface area (Å²) in [7, 11) is 0. The number of carbonyl (C=O) groups excluding carboxylic acids is 1. The van der Waals surface area contributed by atoms with Crippen molar-refractivity contribution < 1.29 is 14.1 Å². The van der Waals surface area contributed by atoms with Gasteiger partial charge in [-0.1, -0.05) is 19.3 Å². The van der Waals surface area contributed by atoms with Gasteiger partial charge in [-0.3, -0.25) is 9.69 Å². The number of piperazine rings is 1. The lowest BCUT2D eigenvalue weighted by Crippen LogP contribution is -3.10. The van der Waals surface area contributed by atoms with E-state index < -0.39 is 0 Å². The van der Waals surface area contributed by atoms with Crippen molar-refractivity contribution in [3.63, 3.8) is 0 Å². The monoisotopic (exact) mass is 291 g/mol. The molecule has 2 fully saturated rings. The van der Waals surface area contributed by atoms with E-state index in [1.165, 1.54) is 36.3 Å². The molecule has 1 aromatic rings. The molecule has 2 aliphatic rings. The molecule has 1 aliphatic carbocycles. The van der Waals surface area contributed by atoms with E-state index in [4.69, 9.17) is 0 Å². The van der Waals surface area contributed by atoms with E-state index >= 15 is 0 Å². The Hall–Kier alpha value is -1.42.